The first-order valence-corrected chi connectivity index (χ1v) is 16.8. The van der Waals surface area contributed by atoms with Gasteiger partial charge < -0.3 is 14.3 Å². The average molecular weight is 631 g/mol. The predicted octanol–water partition coefficient (Wildman–Crippen LogP) is 12.9. The van der Waals surface area contributed by atoms with Gasteiger partial charge in [-0.15, -0.1) is 6.58 Å². The second-order valence-corrected chi connectivity index (χ2v) is 12.8. The summed E-state index contributed by atoms with van der Waals surface area (Å²) in [7, 11) is 0. The quantitative estimate of drug-likeness (QED) is 0.178. The Bertz CT molecular complexity index is 2630. The van der Waals surface area contributed by atoms with Crippen molar-refractivity contribution >= 4 is 66.8 Å². The van der Waals surface area contributed by atoms with E-state index in [1.54, 1.807) is 0 Å². The van der Waals surface area contributed by atoms with Crippen LogP contribution in [0.4, 0.5) is 11.4 Å². The Balaban J connectivity index is 1.09. The molecule has 0 bridgehead atoms. The van der Waals surface area contributed by atoms with Gasteiger partial charge in [-0.05, 0) is 107 Å². The van der Waals surface area contributed by atoms with Crippen LogP contribution < -0.4 is 5.32 Å². The van der Waals surface area contributed by atoms with Crippen molar-refractivity contribution < 1.29 is 4.42 Å². The molecule has 8 aromatic rings. The molecule has 49 heavy (non-hydrogen) atoms. The molecule has 1 aliphatic rings. The molecule has 0 aliphatic heterocycles. The Morgan fingerprint density at radius 1 is 0.633 bits per heavy atom. The summed E-state index contributed by atoms with van der Waals surface area (Å²) >= 11 is 0. The van der Waals surface area contributed by atoms with Crippen molar-refractivity contribution in [3.8, 4) is 16.8 Å². The molecular weight excluding hydrogens is 597 g/mol. The number of allylic oxidation sites excluding steroid dienone is 5. The predicted molar refractivity (Wildman–Crippen MR) is 209 cm³/mol. The van der Waals surface area contributed by atoms with Gasteiger partial charge in [-0.2, -0.15) is 0 Å². The lowest BCUT2D eigenvalue weighted by Crippen LogP contribution is -1.96. The first kappa shape index (κ1) is 28.9. The number of hydrogen-bond donors (Lipinski definition) is 1. The number of rotatable bonds is 7. The third kappa shape index (κ3) is 5.08. The van der Waals surface area contributed by atoms with Crippen molar-refractivity contribution in [3.63, 3.8) is 0 Å². The molecule has 0 spiro atoms. The van der Waals surface area contributed by atoms with Crippen LogP contribution in [0.25, 0.3) is 72.2 Å². The molecule has 1 unspecified atom stereocenters. The molecule has 9 rings (SSSR count). The summed E-state index contributed by atoms with van der Waals surface area (Å²) < 4.78 is 8.48. The normalized spacial score (nSPS) is 14.4. The van der Waals surface area contributed by atoms with Crippen LogP contribution >= 0.6 is 0 Å². The fourth-order valence-corrected chi connectivity index (χ4v) is 7.16. The van der Waals surface area contributed by atoms with E-state index < -0.39 is 0 Å². The second-order valence-electron chi connectivity index (χ2n) is 12.8. The van der Waals surface area contributed by atoms with Gasteiger partial charge in [0, 0.05) is 44.7 Å². The van der Waals surface area contributed by atoms with Gasteiger partial charge in [-0.25, -0.2) is 0 Å². The number of nitrogens with zero attached hydrogens (tertiary/aromatic N) is 1. The van der Waals surface area contributed by atoms with E-state index in [0.29, 0.717) is 5.92 Å². The van der Waals surface area contributed by atoms with Crippen LogP contribution in [0.15, 0.2) is 169 Å². The first-order valence-electron chi connectivity index (χ1n) is 16.8. The third-order valence-corrected chi connectivity index (χ3v) is 9.81. The highest BCUT2D eigenvalue weighted by Crippen LogP contribution is 2.38. The third-order valence-electron chi connectivity index (χ3n) is 9.81. The largest absolute Gasteiger partial charge is 0.456 e. The molecule has 3 heteroatoms. The molecule has 3 nitrogen and oxygen atoms in total. The number of fused-ring (bicyclic) bond motifs is 6. The zero-order chi connectivity index (χ0) is 32.9. The number of hydrogen-bond acceptors (Lipinski definition) is 2. The highest BCUT2D eigenvalue weighted by Gasteiger charge is 2.16. The van der Waals surface area contributed by atoms with E-state index in [1.165, 1.54) is 44.1 Å². The van der Waals surface area contributed by atoms with Gasteiger partial charge in [0.2, 0.25) is 0 Å². The highest BCUT2D eigenvalue weighted by molar-refractivity contribution is 6.11. The summed E-state index contributed by atoms with van der Waals surface area (Å²) in [5.74, 6) is 0.400. The summed E-state index contributed by atoms with van der Waals surface area (Å²) in [5.41, 5.74) is 13.3. The molecule has 0 radical (unpaired) electrons. The van der Waals surface area contributed by atoms with Gasteiger partial charge in [0.05, 0.1) is 11.0 Å². The van der Waals surface area contributed by atoms with Gasteiger partial charge in [0.1, 0.15) is 11.2 Å². The van der Waals surface area contributed by atoms with Crippen molar-refractivity contribution in [1.82, 2.24) is 4.57 Å². The lowest BCUT2D eigenvalue weighted by atomic mass is 9.92. The van der Waals surface area contributed by atoms with E-state index in [-0.39, 0.29) is 0 Å². The topological polar surface area (TPSA) is 30.1 Å². The van der Waals surface area contributed by atoms with E-state index in [1.807, 2.05) is 30.4 Å². The Morgan fingerprint density at radius 3 is 2.06 bits per heavy atom. The van der Waals surface area contributed by atoms with Crippen molar-refractivity contribution in [1.29, 1.82) is 0 Å². The van der Waals surface area contributed by atoms with E-state index in [2.05, 4.69) is 150 Å². The number of nitrogens with one attached hydrogen (secondary N) is 1. The van der Waals surface area contributed by atoms with Crippen molar-refractivity contribution in [3.05, 3.63) is 176 Å². The lowest BCUT2D eigenvalue weighted by molar-refractivity contribution is 0.669. The Hall–Kier alpha value is -6.32. The van der Waals surface area contributed by atoms with Crippen molar-refractivity contribution in [2.75, 3.05) is 5.32 Å². The molecule has 2 aromatic heterocycles. The molecular formula is C46H34N2O. The van der Waals surface area contributed by atoms with Gasteiger partial charge in [-0.1, -0.05) is 91.6 Å². The number of para-hydroxylation sites is 1. The summed E-state index contributed by atoms with van der Waals surface area (Å²) in [4.78, 5) is 0. The van der Waals surface area contributed by atoms with E-state index in [0.717, 1.165) is 51.0 Å². The Kier molecular flexibility index (Phi) is 6.91. The molecule has 1 aliphatic carbocycles. The smallest absolute Gasteiger partial charge is 0.137 e. The first-order chi connectivity index (χ1) is 24.1. The van der Waals surface area contributed by atoms with Crippen LogP contribution in [0, 0.1) is 5.92 Å². The fourth-order valence-electron chi connectivity index (χ4n) is 7.16. The Labute approximate surface area is 285 Å². The maximum Gasteiger partial charge on any atom is 0.137 e. The van der Waals surface area contributed by atoms with E-state index >= 15 is 0 Å². The molecule has 1 N–H and O–H groups in total. The standard InChI is InChI=1S/C46H34N2O/c1-3-30-9-13-32(14-10-30)34-17-25-43-41(27-34)42-28-35(18-26-44(42)48(43)38-22-11-31(4-2)12-23-38)33-15-19-36(20-16-33)47-37-21-24-40-39-7-5-6-8-45(39)49-46(40)29-37/h3-9,11-30,47H,1-2,10H2. The molecule has 6 aromatic carbocycles. The maximum atomic E-state index is 6.11. The minimum atomic E-state index is 0.400. The van der Waals surface area contributed by atoms with Crippen molar-refractivity contribution in [2.24, 2.45) is 5.92 Å². The van der Waals surface area contributed by atoms with E-state index in [4.69, 9.17) is 4.42 Å². The summed E-state index contributed by atoms with van der Waals surface area (Å²) in [5, 5.41) is 8.29. The minimum absolute atomic E-state index is 0.400. The summed E-state index contributed by atoms with van der Waals surface area (Å²) in [6.07, 6.45) is 11.7. The number of furan rings is 1. The SMILES string of the molecule is C=Cc1ccc(-n2c3ccc(C4=CCC(C=C)C=C4)cc3c3cc(-c4ccc(Nc5ccc6c(c5)oc5ccccc56)cc4)ccc32)cc1. The average Bonchev–Trinajstić information content (AvgIpc) is 3.69. The monoisotopic (exact) mass is 630 g/mol. The van der Waals surface area contributed by atoms with Gasteiger partial charge in [-0.3, -0.25) is 0 Å². The van der Waals surface area contributed by atoms with E-state index in [9.17, 15) is 0 Å². The number of benzene rings is 6. The van der Waals surface area contributed by atoms with Crippen molar-refractivity contribution in [2.45, 2.75) is 6.42 Å². The molecule has 0 amide bonds. The van der Waals surface area contributed by atoms with Crippen LogP contribution in [0.2, 0.25) is 0 Å². The zero-order valence-electron chi connectivity index (χ0n) is 27.1. The lowest BCUT2D eigenvalue weighted by Gasteiger charge is -2.13. The van der Waals surface area contributed by atoms with Crippen LogP contribution in [-0.4, -0.2) is 4.57 Å². The Morgan fingerprint density at radius 2 is 1.33 bits per heavy atom. The number of anilines is 2. The van der Waals surface area contributed by atoms with Crippen LogP contribution in [0.5, 0.6) is 0 Å². The van der Waals surface area contributed by atoms with Crippen LogP contribution in [0.1, 0.15) is 17.5 Å². The minimum Gasteiger partial charge on any atom is -0.456 e. The molecule has 234 valence electrons. The van der Waals surface area contributed by atoms with Gasteiger partial charge >= 0.3 is 0 Å². The number of aromatic nitrogens is 1. The summed E-state index contributed by atoms with van der Waals surface area (Å²) in [6, 6.07) is 45.5. The van der Waals surface area contributed by atoms with Gasteiger partial charge in [0.25, 0.3) is 0 Å². The maximum absolute atomic E-state index is 6.11. The molecule has 0 fully saturated rings. The van der Waals surface area contributed by atoms with Crippen LogP contribution in [0.3, 0.4) is 0 Å². The zero-order valence-corrected chi connectivity index (χ0v) is 27.1. The van der Waals surface area contributed by atoms with Gasteiger partial charge in [0.15, 0.2) is 0 Å². The molecule has 2 heterocycles. The second kappa shape index (κ2) is 11.7. The summed E-state index contributed by atoms with van der Waals surface area (Å²) in [6.45, 7) is 7.92. The fraction of sp³-hybridized carbons (Fsp3) is 0.0435. The molecule has 1 atom stereocenters. The highest BCUT2D eigenvalue weighted by atomic mass is 16.3. The molecule has 0 saturated heterocycles. The molecule has 0 saturated carbocycles. The van der Waals surface area contributed by atoms with Crippen LogP contribution in [-0.2, 0) is 0 Å².